The van der Waals surface area contributed by atoms with Crippen LogP contribution in [0.1, 0.15) is 46.0 Å². The zero-order valence-corrected chi connectivity index (χ0v) is 17.1. The molecule has 0 radical (unpaired) electrons. The Bertz CT molecular complexity index is 1130. The van der Waals surface area contributed by atoms with E-state index >= 15 is 0 Å². The second-order valence-electron chi connectivity index (χ2n) is 7.83. The molecule has 0 bridgehead atoms. The lowest BCUT2D eigenvalue weighted by Crippen LogP contribution is -2.50. The van der Waals surface area contributed by atoms with Crippen LogP contribution < -0.4 is 5.32 Å². The molecule has 1 saturated heterocycles. The molecule has 3 aromatic rings. The van der Waals surface area contributed by atoms with E-state index in [2.05, 4.69) is 27.4 Å². The van der Waals surface area contributed by atoms with Crippen molar-refractivity contribution in [2.45, 2.75) is 38.5 Å². The van der Waals surface area contributed by atoms with Crippen LogP contribution >= 0.6 is 0 Å². The van der Waals surface area contributed by atoms with Crippen molar-refractivity contribution in [2.24, 2.45) is 0 Å². The van der Waals surface area contributed by atoms with Gasteiger partial charge in [0.05, 0.1) is 23.6 Å². The van der Waals surface area contributed by atoms with Crippen molar-refractivity contribution in [1.82, 2.24) is 24.9 Å². The largest absolute Gasteiger partial charge is 0.457 e. The number of aromatic nitrogens is 4. The summed E-state index contributed by atoms with van der Waals surface area (Å²) in [4.78, 5) is 33.3. The number of hydrogen-bond acceptors (Lipinski definition) is 7. The molecular weight excluding hydrogens is 396 g/mol. The first-order chi connectivity index (χ1) is 15.1. The Kier molecular flexibility index (Phi) is 4.85. The molecule has 0 saturated carbocycles. The minimum atomic E-state index is -0.358. The molecule has 2 atom stereocenters. The Morgan fingerprint density at radius 2 is 1.94 bits per heavy atom. The molecule has 4 heterocycles. The molecule has 1 N–H and O–H groups in total. The minimum absolute atomic E-state index is 0.0254. The Morgan fingerprint density at radius 3 is 2.77 bits per heavy atom. The number of likely N-dealkylation sites (tertiary alicyclic amines) is 1. The van der Waals surface area contributed by atoms with Gasteiger partial charge in [0.15, 0.2) is 0 Å². The van der Waals surface area contributed by atoms with E-state index in [1.807, 2.05) is 23.1 Å². The lowest BCUT2D eigenvalue weighted by atomic mass is 9.97. The standard InChI is InChI=1S/C22H22N6O3/c1-14-6-7-16(26-20-19-15(8-9-23-20)13-31-22(19)30)12-27(14)21(29)17-4-2-3-5-18(17)28-24-10-11-25-28/h2-5,8-11,14,16H,6-7,12-13H2,1H3,(H,23,26)/t14-,16-/m1/s1. The Hall–Kier alpha value is -3.75. The number of benzene rings is 1. The molecule has 5 rings (SSSR count). The molecule has 9 heteroatoms. The fraction of sp³-hybridized carbons (Fsp3) is 0.318. The summed E-state index contributed by atoms with van der Waals surface area (Å²) in [5, 5.41) is 11.7. The van der Waals surface area contributed by atoms with Crippen LogP contribution in [0.15, 0.2) is 48.9 Å². The average Bonchev–Trinajstić information content (AvgIpc) is 3.45. The number of esters is 1. The summed E-state index contributed by atoms with van der Waals surface area (Å²) < 4.78 is 5.14. The molecule has 1 fully saturated rings. The number of cyclic esters (lactones) is 1. The van der Waals surface area contributed by atoms with Gasteiger partial charge >= 0.3 is 5.97 Å². The normalized spacial score (nSPS) is 20.3. The van der Waals surface area contributed by atoms with Crippen molar-refractivity contribution >= 4 is 17.7 Å². The van der Waals surface area contributed by atoms with Crippen LogP contribution in [0.25, 0.3) is 5.69 Å². The van der Waals surface area contributed by atoms with Crippen LogP contribution in [0.4, 0.5) is 5.82 Å². The number of anilines is 1. The van der Waals surface area contributed by atoms with Gasteiger partial charge in [-0.15, -0.1) is 0 Å². The summed E-state index contributed by atoms with van der Waals surface area (Å²) in [5.41, 5.74) is 2.52. The van der Waals surface area contributed by atoms with E-state index in [1.54, 1.807) is 30.7 Å². The molecule has 0 spiro atoms. The lowest BCUT2D eigenvalue weighted by Gasteiger charge is -2.38. The van der Waals surface area contributed by atoms with E-state index in [9.17, 15) is 9.59 Å². The third-order valence-electron chi connectivity index (χ3n) is 5.85. The number of nitrogens with one attached hydrogen (secondary N) is 1. The van der Waals surface area contributed by atoms with Crippen molar-refractivity contribution in [2.75, 3.05) is 11.9 Å². The topological polar surface area (TPSA) is 102 Å². The Labute approximate surface area is 179 Å². The number of carbonyl (C=O) groups is 2. The van der Waals surface area contributed by atoms with E-state index in [4.69, 9.17) is 4.74 Å². The first kappa shape index (κ1) is 19.2. The van der Waals surface area contributed by atoms with Crippen molar-refractivity contribution in [3.05, 3.63) is 65.6 Å². The molecular formula is C22H22N6O3. The molecule has 2 aromatic heterocycles. The summed E-state index contributed by atoms with van der Waals surface area (Å²) in [6, 6.07) is 9.19. The predicted octanol–water partition coefficient (Wildman–Crippen LogP) is 2.44. The smallest absolute Gasteiger partial charge is 0.342 e. The zero-order chi connectivity index (χ0) is 21.4. The maximum Gasteiger partial charge on any atom is 0.342 e. The van der Waals surface area contributed by atoms with E-state index in [0.29, 0.717) is 29.2 Å². The van der Waals surface area contributed by atoms with Crippen LogP contribution in [0.5, 0.6) is 0 Å². The molecule has 9 nitrogen and oxygen atoms in total. The molecule has 2 aliphatic heterocycles. The highest BCUT2D eigenvalue weighted by atomic mass is 16.5. The SMILES string of the molecule is C[C@@H]1CC[C@@H](Nc2nccc3c2C(=O)OC3)CN1C(=O)c1ccccc1-n1nccn1. The number of pyridine rings is 1. The van der Waals surface area contributed by atoms with Gasteiger partial charge < -0.3 is 15.0 Å². The maximum absolute atomic E-state index is 13.5. The lowest BCUT2D eigenvalue weighted by molar-refractivity contribution is 0.0533. The predicted molar refractivity (Wildman–Crippen MR) is 112 cm³/mol. The molecule has 2 aliphatic rings. The Morgan fingerprint density at radius 1 is 1.13 bits per heavy atom. The fourth-order valence-electron chi connectivity index (χ4n) is 4.20. The van der Waals surface area contributed by atoms with Gasteiger partial charge in [0, 0.05) is 30.4 Å². The van der Waals surface area contributed by atoms with Crippen molar-refractivity contribution < 1.29 is 14.3 Å². The van der Waals surface area contributed by atoms with E-state index in [-0.39, 0.29) is 30.6 Å². The highest BCUT2D eigenvalue weighted by molar-refractivity contribution is 5.99. The second-order valence-corrected chi connectivity index (χ2v) is 7.83. The number of hydrogen-bond donors (Lipinski definition) is 1. The summed E-state index contributed by atoms with van der Waals surface area (Å²) in [6.45, 7) is 2.83. The monoisotopic (exact) mass is 418 g/mol. The number of ether oxygens (including phenoxy) is 1. The third kappa shape index (κ3) is 3.52. The van der Waals surface area contributed by atoms with Gasteiger partial charge in [-0.3, -0.25) is 4.79 Å². The molecule has 1 aromatic carbocycles. The van der Waals surface area contributed by atoms with Gasteiger partial charge in [-0.2, -0.15) is 15.0 Å². The summed E-state index contributed by atoms with van der Waals surface area (Å²) in [7, 11) is 0. The number of piperidine rings is 1. The molecule has 158 valence electrons. The highest BCUT2D eigenvalue weighted by Crippen LogP contribution is 2.28. The third-order valence-corrected chi connectivity index (χ3v) is 5.85. The Balaban J connectivity index is 1.39. The van der Waals surface area contributed by atoms with Gasteiger partial charge in [0.1, 0.15) is 18.0 Å². The average molecular weight is 418 g/mol. The van der Waals surface area contributed by atoms with E-state index in [1.165, 1.54) is 4.80 Å². The van der Waals surface area contributed by atoms with Crippen molar-refractivity contribution in [3.63, 3.8) is 0 Å². The van der Waals surface area contributed by atoms with Gasteiger partial charge in [0.2, 0.25) is 0 Å². The van der Waals surface area contributed by atoms with Gasteiger partial charge in [-0.25, -0.2) is 9.78 Å². The van der Waals surface area contributed by atoms with Crippen molar-refractivity contribution in [1.29, 1.82) is 0 Å². The summed E-state index contributed by atoms with van der Waals surface area (Å²) >= 11 is 0. The van der Waals surface area contributed by atoms with Crippen LogP contribution in [-0.4, -0.2) is 55.4 Å². The minimum Gasteiger partial charge on any atom is -0.457 e. The fourth-order valence-corrected chi connectivity index (χ4v) is 4.20. The quantitative estimate of drug-likeness (QED) is 0.649. The highest BCUT2D eigenvalue weighted by Gasteiger charge is 2.33. The van der Waals surface area contributed by atoms with Gasteiger partial charge in [0.25, 0.3) is 5.91 Å². The number of nitrogens with zero attached hydrogens (tertiary/aromatic N) is 5. The van der Waals surface area contributed by atoms with Crippen LogP contribution in [-0.2, 0) is 11.3 Å². The molecule has 1 amide bonds. The molecule has 0 aliphatic carbocycles. The number of amides is 1. The number of para-hydroxylation sites is 1. The van der Waals surface area contributed by atoms with Crippen LogP contribution in [0, 0.1) is 0 Å². The summed E-state index contributed by atoms with van der Waals surface area (Å²) in [5.74, 6) is 0.0917. The first-order valence-electron chi connectivity index (χ1n) is 10.3. The number of rotatable bonds is 4. The van der Waals surface area contributed by atoms with Gasteiger partial charge in [-0.1, -0.05) is 12.1 Å². The first-order valence-corrected chi connectivity index (χ1v) is 10.3. The molecule has 0 unspecified atom stereocenters. The van der Waals surface area contributed by atoms with E-state index < -0.39 is 0 Å². The number of fused-ring (bicyclic) bond motifs is 1. The van der Waals surface area contributed by atoms with Crippen molar-refractivity contribution in [3.8, 4) is 5.69 Å². The van der Waals surface area contributed by atoms with Gasteiger partial charge in [-0.05, 0) is 38.0 Å². The van der Waals surface area contributed by atoms with E-state index in [0.717, 1.165) is 18.4 Å². The zero-order valence-electron chi connectivity index (χ0n) is 17.1. The molecule has 31 heavy (non-hydrogen) atoms. The maximum atomic E-state index is 13.5. The number of carbonyl (C=O) groups excluding carboxylic acids is 2. The van der Waals surface area contributed by atoms with Crippen LogP contribution in [0.3, 0.4) is 0 Å². The summed E-state index contributed by atoms with van der Waals surface area (Å²) in [6.07, 6.45) is 6.55. The second kappa shape index (κ2) is 7.82. The van der Waals surface area contributed by atoms with Crippen LogP contribution in [0.2, 0.25) is 0 Å².